The summed E-state index contributed by atoms with van der Waals surface area (Å²) in [5.41, 5.74) is 0.262. The highest BCUT2D eigenvalue weighted by Gasteiger charge is 2.41. The van der Waals surface area contributed by atoms with E-state index in [0.29, 0.717) is 16.3 Å². The molecule has 0 radical (unpaired) electrons. The maximum atomic E-state index is 10.7. The second kappa shape index (κ2) is 4.61. The van der Waals surface area contributed by atoms with Gasteiger partial charge in [0.15, 0.2) is 0 Å². The molecule has 1 unspecified atom stereocenters. The van der Waals surface area contributed by atoms with Crippen LogP contribution in [0.15, 0.2) is 12.3 Å². The molecule has 0 bridgehead atoms. The summed E-state index contributed by atoms with van der Waals surface area (Å²) in [7, 11) is 0. The van der Waals surface area contributed by atoms with Crippen LogP contribution in [0.3, 0.4) is 0 Å². The fourth-order valence-electron chi connectivity index (χ4n) is 3.01. The van der Waals surface area contributed by atoms with Gasteiger partial charge in [-0.25, -0.2) is 4.98 Å². The van der Waals surface area contributed by atoms with Gasteiger partial charge in [0.1, 0.15) is 12.0 Å². The standard InChI is InChI=1S/C12H15ClN4O2/c13-10-5-9(17(18)19)6-15-11(10)16-4-2-12(8-16)1-3-14-7-12/h5-6,14H,1-4,7-8H2. The molecule has 1 aromatic heterocycles. The molecule has 1 atom stereocenters. The maximum Gasteiger partial charge on any atom is 0.289 e. The molecule has 19 heavy (non-hydrogen) atoms. The number of aromatic nitrogens is 1. The van der Waals surface area contributed by atoms with Crippen molar-refractivity contribution in [3.8, 4) is 0 Å². The molecule has 2 saturated heterocycles. The van der Waals surface area contributed by atoms with E-state index in [1.165, 1.54) is 18.7 Å². The molecule has 1 N–H and O–H groups in total. The van der Waals surface area contributed by atoms with Crippen LogP contribution in [0.25, 0.3) is 0 Å². The van der Waals surface area contributed by atoms with E-state index in [0.717, 1.165) is 32.6 Å². The lowest BCUT2D eigenvalue weighted by molar-refractivity contribution is -0.385. The Kier molecular flexibility index (Phi) is 3.06. The summed E-state index contributed by atoms with van der Waals surface area (Å²) in [6, 6.07) is 1.38. The van der Waals surface area contributed by atoms with Gasteiger partial charge in [-0.2, -0.15) is 0 Å². The molecule has 7 heteroatoms. The van der Waals surface area contributed by atoms with Gasteiger partial charge in [0, 0.05) is 31.1 Å². The van der Waals surface area contributed by atoms with Crippen molar-refractivity contribution in [2.75, 3.05) is 31.1 Å². The zero-order valence-corrected chi connectivity index (χ0v) is 11.2. The van der Waals surface area contributed by atoms with Crippen molar-refractivity contribution in [2.45, 2.75) is 12.8 Å². The van der Waals surface area contributed by atoms with E-state index in [1.807, 2.05) is 0 Å². The number of anilines is 1. The van der Waals surface area contributed by atoms with E-state index in [4.69, 9.17) is 11.6 Å². The Bertz CT molecular complexity index is 516. The summed E-state index contributed by atoms with van der Waals surface area (Å²) >= 11 is 6.12. The summed E-state index contributed by atoms with van der Waals surface area (Å²) < 4.78 is 0. The van der Waals surface area contributed by atoms with Crippen molar-refractivity contribution in [3.05, 3.63) is 27.4 Å². The van der Waals surface area contributed by atoms with E-state index in [1.54, 1.807) is 0 Å². The number of pyridine rings is 1. The first-order valence-electron chi connectivity index (χ1n) is 6.35. The molecular formula is C12H15ClN4O2. The molecule has 102 valence electrons. The average molecular weight is 283 g/mol. The Hall–Kier alpha value is -1.40. The Labute approximate surface area is 115 Å². The SMILES string of the molecule is O=[N+]([O-])c1cnc(N2CCC3(CCNC3)C2)c(Cl)c1. The third-order valence-electron chi connectivity index (χ3n) is 4.09. The zero-order valence-electron chi connectivity index (χ0n) is 10.4. The van der Waals surface area contributed by atoms with Crippen molar-refractivity contribution in [1.29, 1.82) is 0 Å². The molecule has 0 aromatic carbocycles. The smallest absolute Gasteiger partial charge is 0.289 e. The van der Waals surface area contributed by atoms with Gasteiger partial charge < -0.3 is 10.2 Å². The molecule has 3 heterocycles. The van der Waals surface area contributed by atoms with Crippen LogP contribution >= 0.6 is 11.6 Å². The van der Waals surface area contributed by atoms with E-state index < -0.39 is 4.92 Å². The Morgan fingerprint density at radius 2 is 2.37 bits per heavy atom. The van der Waals surface area contributed by atoms with E-state index in [2.05, 4.69) is 15.2 Å². The van der Waals surface area contributed by atoms with Gasteiger partial charge in [-0.3, -0.25) is 10.1 Å². The lowest BCUT2D eigenvalue weighted by Gasteiger charge is -2.23. The van der Waals surface area contributed by atoms with Crippen LogP contribution in [0.5, 0.6) is 0 Å². The maximum absolute atomic E-state index is 10.7. The fraction of sp³-hybridized carbons (Fsp3) is 0.583. The predicted octanol–water partition coefficient (Wildman–Crippen LogP) is 1.83. The molecule has 1 aromatic rings. The molecular weight excluding hydrogens is 268 g/mol. The number of hydrogen-bond acceptors (Lipinski definition) is 5. The Balaban J connectivity index is 1.82. The number of rotatable bonds is 2. The molecule has 3 rings (SSSR count). The van der Waals surface area contributed by atoms with Gasteiger partial charge in [-0.1, -0.05) is 11.6 Å². The fourth-order valence-corrected chi connectivity index (χ4v) is 3.29. The van der Waals surface area contributed by atoms with Crippen molar-refractivity contribution in [1.82, 2.24) is 10.3 Å². The molecule has 2 fully saturated rings. The quantitative estimate of drug-likeness (QED) is 0.662. The minimum atomic E-state index is -0.477. The van der Waals surface area contributed by atoms with Gasteiger partial charge in [-0.15, -0.1) is 0 Å². The number of nitrogens with one attached hydrogen (secondary N) is 1. The van der Waals surface area contributed by atoms with Crippen LogP contribution in [0.1, 0.15) is 12.8 Å². The number of hydrogen-bond donors (Lipinski definition) is 1. The first kappa shape index (κ1) is 12.6. The monoisotopic (exact) mass is 282 g/mol. The minimum absolute atomic E-state index is 0.0646. The third kappa shape index (κ3) is 2.26. The summed E-state index contributed by atoms with van der Waals surface area (Å²) in [5, 5.41) is 14.4. The summed E-state index contributed by atoms with van der Waals surface area (Å²) in [4.78, 5) is 16.5. The topological polar surface area (TPSA) is 71.3 Å². The molecule has 0 amide bonds. The number of nitrogens with zero attached hydrogens (tertiary/aromatic N) is 3. The second-order valence-electron chi connectivity index (χ2n) is 5.35. The van der Waals surface area contributed by atoms with Gasteiger partial charge in [-0.05, 0) is 19.4 Å². The van der Waals surface area contributed by atoms with E-state index >= 15 is 0 Å². The summed E-state index contributed by atoms with van der Waals surface area (Å²) in [5.74, 6) is 0.663. The largest absolute Gasteiger partial charge is 0.355 e. The van der Waals surface area contributed by atoms with Gasteiger partial charge in [0.05, 0.1) is 9.95 Å². The highest BCUT2D eigenvalue weighted by molar-refractivity contribution is 6.33. The lowest BCUT2D eigenvalue weighted by atomic mass is 9.87. The van der Waals surface area contributed by atoms with Crippen LogP contribution in [-0.2, 0) is 0 Å². The van der Waals surface area contributed by atoms with Gasteiger partial charge in [0.25, 0.3) is 5.69 Å². The molecule has 0 aliphatic carbocycles. The van der Waals surface area contributed by atoms with Crippen LogP contribution < -0.4 is 10.2 Å². The Morgan fingerprint density at radius 3 is 3.00 bits per heavy atom. The van der Waals surface area contributed by atoms with Crippen LogP contribution in [-0.4, -0.2) is 36.1 Å². The van der Waals surface area contributed by atoms with Crippen LogP contribution in [0, 0.1) is 15.5 Å². The van der Waals surface area contributed by atoms with Crippen molar-refractivity contribution < 1.29 is 4.92 Å². The highest BCUT2D eigenvalue weighted by atomic mass is 35.5. The molecule has 2 aliphatic rings. The molecule has 1 spiro atoms. The zero-order chi connectivity index (χ0) is 13.5. The van der Waals surface area contributed by atoms with Crippen molar-refractivity contribution in [3.63, 3.8) is 0 Å². The van der Waals surface area contributed by atoms with Gasteiger partial charge in [0.2, 0.25) is 0 Å². The molecule has 6 nitrogen and oxygen atoms in total. The summed E-state index contributed by atoms with van der Waals surface area (Å²) in [6.45, 7) is 3.93. The van der Waals surface area contributed by atoms with Crippen molar-refractivity contribution >= 4 is 23.1 Å². The average Bonchev–Trinajstić information content (AvgIpc) is 3.00. The highest BCUT2D eigenvalue weighted by Crippen LogP contribution is 2.39. The van der Waals surface area contributed by atoms with Crippen LogP contribution in [0.4, 0.5) is 11.5 Å². The molecule has 2 aliphatic heterocycles. The van der Waals surface area contributed by atoms with Gasteiger partial charge >= 0.3 is 0 Å². The van der Waals surface area contributed by atoms with Crippen molar-refractivity contribution in [2.24, 2.45) is 5.41 Å². The number of nitro groups is 1. The normalized spacial score (nSPS) is 26.3. The first-order chi connectivity index (χ1) is 9.10. The third-order valence-corrected chi connectivity index (χ3v) is 4.37. The predicted molar refractivity (Wildman–Crippen MR) is 72.7 cm³/mol. The summed E-state index contributed by atoms with van der Waals surface area (Å²) in [6.07, 6.45) is 3.57. The number of halogens is 1. The lowest BCUT2D eigenvalue weighted by Crippen LogP contribution is -2.29. The second-order valence-corrected chi connectivity index (χ2v) is 5.76. The minimum Gasteiger partial charge on any atom is -0.355 e. The first-order valence-corrected chi connectivity index (χ1v) is 6.73. The Morgan fingerprint density at radius 1 is 1.53 bits per heavy atom. The van der Waals surface area contributed by atoms with Crippen LogP contribution in [0.2, 0.25) is 5.02 Å². The molecule has 0 saturated carbocycles. The van der Waals surface area contributed by atoms with E-state index in [-0.39, 0.29) is 5.69 Å². The van der Waals surface area contributed by atoms with E-state index in [9.17, 15) is 10.1 Å².